The van der Waals surface area contributed by atoms with Gasteiger partial charge in [0.1, 0.15) is 10.6 Å². The number of halogens is 3. The van der Waals surface area contributed by atoms with E-state index in [0.717, 1.165) is 39.5 Å². The first-order valence-corrected chi connectivity index (χ1v) is 9.91. The molecule has 0 saturated heterocycles. The summed E-state index contributed by atoms with van der Waals surface area (Å²) in [5.74, 6) is -0.405. The second-order valence-corrected chi connectivity index (χ2v) is 8.34. The minimum Gasteiger partial charge on any atom is -0.410 e. The highest BCUT2D eigenvalue weighted by Gasteiger charge is 2.31. The molecule has 0 radical (unpaired) electrons. The zero-order valence-corrected chi connectivity index (χ0v) is 17.0. The lowest BCUT2D eigenvalue weighted by Crippen LogP contribution is -2.22. The summed E-state index contributed by atoms with van der Waals surface area (Å²) in [6.07, 6.45) is -4.77. The monoisotopic (exact) mass is 444 g/mol. The topological polar surface area (TPSA) is 90.1 Å². The van der Waals surface area contributed by atoms with E-state index >= 15 is 0 Å². The van der Waals surface area contributed by atoms with Gasteiger partial charge in [-0.3, -0.25) is 4.79 Å². The Morgan fingerprint density at radius 2 is 1.93 bits per heavy atom. The molecule has 154 valence electrons. The molecule has 0 saturated carbocycles. The molecule has 0 aliphatic rings. The number of nitrogens with one attached hydrogen (secondary N) is 1. The Hall–Kier alpha value is -2.60. The van der Waals surface area contributed by atoms with E-state index in [0.29, 0.717) is 11.6 Å². The van der Waals surface area contributed by atoms with Crippen molar-refractivity contribution in [3.8, 4) is 16.5 Å². The second kappa shape index (κ2) is 8.41. The quantitative estimate of drug-likeness (QED) is 0.545. The van der Waals surface area contributed by atoms with Crippen LogP contribution in [0.15, 0.2) is 33.9 Å². The number of carbonyl (C=O) groups excluding carboxylic acids is 1. The van der Waals surface area contributed by atoms with E-state index in [4.69, 9.17) is 4.42 Å². The highest BCUT2D eigenvalue weighted by Crippen LogP contribution is 2.32. The molecule has 1 N–H and O–H groups in total. The van der Waals surface area contributed by atoms with Crippen LogP contribution in [0, 0.1) is 13.8 Å². The Morgan fingerprint density at radius 3 is 2.52 bits per heavy atom. The molecule has 0 bridgehead atoms. The number of rotatable bonds is 6. The highest BCUT2D eigenvalue weighted by atomic mass is 32.2. The van der Waals surface area contributed by atoms with Crippen LogP contribution in [0.25, 0.3) is 10.8 Å². The van der Waals surface area contributed by atoms with E-state index in [-0.39, 0.29) is 16.9 Å². The van der Waals surface area contributed by atoms with Crippen molar-refractivity contribution in [2.75, 3.05) is 5.32 Å². The molecule has 1 atom stereocenters. The summed E-state index contributed by atoms with van der Waals surface area (Å²) >= 11 is 2.50. The maximum Gasteiger partial charge on any atom is 0.573 e. The Morgan fingerprint density at radius 1 is 1.24 bits per heavy atom. The van der Waals surface area contributed by atoms with Gasteiger partial charge in [0, 0.05) is 5.69 Å². The maximum absolute atomic E-state index is 12.3. The van der Waals surface area contributed by atoms with E-state index < -0.39 is 11.6 Å². The van der Waals surface area contributed by atoms with Crippen molar-refractivity contribution in [2.45, 2.75) is 37.6 Å². The number of carbonyl (C=O) groups is 1. The van der Waals surface area contributed by atoms with Gasteiger partial charge in [-0.25, -0.2) is 4.98 Å². The van der Waals surface area contributed by atoms with E-state index in [1.807, 2.05) is 13.8 Å². The lowest BCUT2D eigenvalue weighted by Gasteiger charge is -2.11. The molecule has 0 spiro atoms. The van der Waals surface area contributed by atoms with Crippen molar-refractivity contribution < 1.29 is 27.1 Å². The van der Waals surface area contributed by atoms with E-state index in [1.54, 1.807) is 6.92 Å². The molecular formula is C17H15F3N4O3S2. The standard InChI is InChI=1S/C17H15F3N4O3S2/c1-8-13(29-10(3)21-8)15-23-24-16(26-15)28-9(2)14(25)22-11-4-6-12(7-5-11)27-17(18,19)20/h4-7,9H,1-3H3,(H,22,25). The molecule has 29 heavy (non-hydrogen) atoms. The second-order valence-electron chi connectivity index (χ2n) is 5.84. The largest absolute Gasteiger partial charge is 0.573 e. The Kier molecular flexibility index (Phi) is 6.13. The van der Waals surface area contributed by atoms with Gasteiger partial charge in [-0.2, -0.15) is 0 Å². The third kappa shape index (κ3) is 5.70. The van der Waals surface area contributed by atoms with Gasteiger partial charge in [0.25, 0.3) is 11.1 Å². The van der Waals surface area contributed by atoms with Crippen LogP contribution in [0.4, 0.5) is 18.9 Å². The van der Waals surface area contributed by atoms with Gasteiger partial charge in [0.05, 0.1) is 16.0 Å². The maximum atomic E-state index is 12.3. The Bertz CT molecular complexity index is 1000. The first-order valence-electron chi connectivity index (χ1n) is 8.22. The van der Waals surface area contributed by atoms with Crippen LogP contribution in [0.3, 0.4) is 0 Å². The van der Waals surface area contributed by atoms with Crippen LogP contribution >= 0.6 is 23.1 Å². The summed E-state index contributed by atoms with van der Waals surface area (Å²) in [7, 11) is 0. The number of hydrogen-bond donors (Lipinski definition) is 1. The Labute approximate surface area is 171 Å². The molecule has 2 aromatic heterocycles. The number of thiazole rings is 1. The number of amides is 1. The minimum atomic E-state index is -4.77. The average molecular weight is 444 g/mol. The summed E-state index contributed by atoms with van der Waals surface area (Å²) in [5, 5.41) is 11.1. The number of aryl methyl sites for hydroxylation is 2. The number of ether oxygens (including phenoxy) is 1. The van der Waals surface area contributed by atoms with Crippen LogP contribution in [0.1, 0.15) is 17.6 Å². The van der Waals surface area contributed by atoms with Gasteiger partial charge in [-0.15, -0.1) is 34.7 Å². The summed E-state index contributed by atoms with van der Waals surface area (Å²) in [6.45, 7) is 5.37. The third-order valence-corrected chi connectivity index (χ3v) is 5.50. The lowest BCUT2D eigenvalue weighted by molar-refractivity contribution is -0.274. The van der Waals surface area contributed by atoms with Gasteiger partial charge < -0.3 is 14.5 Å². The predicted octanol–water partition coefficient (Wildman–Crippen LogP) is 4.83. The van der Waals surface area contributed by atoms with Gasteiger partial charge in [0.15, 0.2) is 0 Å². The SMILES string of the molecule is Cc1nc(C)c(-c2nnc(SC(C)C(=O)Nc3ccc(OC(F)(F)F)cc3)o2)s1. The summed E-state index contributed by atoms with van der Waals surface area (Å²) < 4.78 is 45.9. The molecule has 12 heteroatoms. The van der Waals surface area contributed by atoms with Gasteiger partial charge in [-0.1, -0.05) is 11.8 Å². The first-order chi connectivity index (χ1) is 13.6. The smallest absolute Gasteiger partial charge is 0.410 e. The number of thioether (sulfide) groups is 1. The summed E-state index contributed by atoms with van der Waals surface area (Å²) in [4.78, 5) is 17.4. The molecule has 1 unspecified atom stereocenters. The van der Waals surface area contributed by atoms with Crippen LogP contribution in [0.2, 0.25) is 0 Å². The molecule has 0 fully saturated rings. The minimum absolute atomic E-state index is 0.224. The fraction of sp³-hybridized carbons (Fsp3) is 0.294. The van der Waals surface area contributed by atoms with E-state index in [2.05, 4.69) is 25.2 Å². The molecule has 3 aromatic rings. The number of anilines is 1. The lowest BCUT2D eigenvalue weighted by atomic mass is 10.3. The van der Waals surface area contributed by atoms with Gasteiger partial charge >= 0.3 is 6.36 Å². The summed E-state index contributed by atoms with van der Waals surface area (Å²) in [6, 6.07) is 4.86. The normalized spacial score (nSPS) is 12.6. The molecule has 1 amide bonds. The van der Waals surface area contributed by atoms with Gasteiger partial charge in [-0.05, 0) is 45.0 Å². The molecule has 2 heterocycles. The third-order valence-electron chi connectivity index (χ3n) is 3.51. The van der Waals surface area contributed by atoms with Crippen LogP contribution < -0.4 is 10.1 Å². The van der Waals surface area contributed by atoms with Crippen molar-refractivity contribution in [3.63, 3.8) is 0 Å². The molecule has 0 aliphatic carbocycles. The molecule has 1 aromatic carbocycles. The number of alkyl halides is 3. The fourth-order valence-electron chi connectivity index (χ4n) is 2.27. The number of benzene rings is 1. The molecular weight excluding hydrogens is 429 g/mol. The van der Waals surface area contributed by atoms with Crippen molar-refractivity contribution in [1.82, 2.24) is 15.2 Å². The van der Waals surface area contributed by atoms with Crippen LogP contribution in [-0.2, 0) is 4.79 Å². The van der Waals surface area contributed by atoms with Crippen LogP contribution in [-0.4, -0.2) is 32.7 Å². The van der Waals surface area contributed by atoms with Crippen molar-refractivity contribution in [2.24, 2.45) is 0 Å². The van der Waals surface area contributed by atoms with E-state index in [9.17, 15) is 18.0 Å². The van der Waals surface area contributed by atoms with Crippen LogP contribution in [0.5, 0.6) is 5.75 Å². The predicted molar refractivity (Wildman–Crippen MR) is 102 cm³/mol. The van der Waals surface area contributed by atoms with E-state index in [1.165, 1.54) is 23.5 Å². The number of aromatic nitrogens is 3. The number of nitrogens with zero attached hydrogens (tertiary/aromatic N) is 3. The van der Waals surface area contributed by atoms with Crippen molar-refractivity contribution in [3.05, 3.63) is 35.0 Å². The molecule has 7 nitrogen and oxygen atoms in total. The number of hydrogen-bond acceptors (Lipinski definition) is 8. The fourth-order valence-corrected chi connectivity index (χ4v) is 3.79. The van der Waals surface area contributed by atoms with Gasteiger partial charge in [0.2, 0.25) is 5.91 Å². The Balaban J connectivity index is 1.59. The van der Waals surface area contributed by atoms with Crippen molar-refractivity contribution in [1.29, 1.82) is 0 Å². The average Bonchev–Trinajstić information content (AvgIpc) is 3.21. The zero-order chi connectivity index (χ0) is 21.2. The summed E-state index contributed by atoms with van der Waals surface area (Å²) in [5.41, 5.74) is 1.12. The first kappa shape index (κ1) is 21.1. The highest BCUT2D eigenvalue weighted by molar-refractivity contribution is 8.00. The zero-order valence-electron chi connectivity index (χ0n) is 15.4. The van der Waals surface area contributed by atoms with Crippen molar-refractivity contribution >= 4 is 34.7 Å². The molecule has 3 rings (SSSR count). The molecule has 0 aliphatic heterocycles.